The highest BCUT2D eigenvalue weighted by molar-refractivity contribution is 6.28. The highest BCUT2D eigenvalue weighted by Crippen LogP contribution is 2.29. The van der Waals surface area contributed by atoms with Gasteiger partial charge in [0.2, 0.25) is 11.1 Å². The van der Waals surface area contributed by atoms with Gasteiger partial charge < -0.3 is 9.80 Å². The van der Waals surface area contributed by atoms with Gasteiger partial charge >= 0.3 is 5.69 Å². The lowest BCUT2D eigenvalue weighted by molar-refractivity contribution is -0.385. The predicted octanol–water partition coefficient (Wildman–Crippen LogP) is 2.12. The van der Waals surface area contributed by atoms with Crippen LogP contribution >= 0.6 is 11.6 Å². The Morgan fingerprint density at radius 2 is 1.95 bits per heavy atom. The van der Waals surface area contributed by atoms with Crippen molar-refractivity contribution in [2.75, 3.05) is 38.6 Å². The molecule has 0 saturated heterocycles. The van der Waals surface area contributed by atoms with Gasteiger partial charge in [-0.2, -0.15) is 4.98 Å². The standard InChI is InChI=1S/C12H20ClN5O2/c1-5-17(8-6-7-16(3)4)11-10(18(19)20)9(2)14-12(13)15-11/h5-8H2,1-4H3. The van der Waals surface area contributed by atoms with Crippen molar-refractivity contribution in [1.82, 2.24) is 14.9 Å². The molecule has 1 heterocycles. The number of rotatable bonds is 7. The first-order valence-electron chi connectivity index (χ1n) is 6.45. The molecule has 20 heavy (non-hydrogen) atoms. The summed E-state index contributed by atoms with van der Waals surface area (Å²) in [7, 11) is 3.98. The number of anilines is 1. The molecule has 0 amide bonds. The molecule has 112 valence electrons. The van der Waals surface area contributed by atoms with Crippen molar-refractivity contribution >= 4 is 23.1 Å². The van der Waals surface area contributed by atoms with Gasteiger partial charge in [0.05, 0.1) is 4.92 Å². The topological polar surface area (TPSA) is 75.4 Å². The predicted molar refractivity (Wildman–Crippen MR) is 79.5 cm³/mol. The fourth-order valence-electron chi connectivity index (χ4n) is 1.94. The molecule has 7 nitrogen and oxygen atoms in total. The van der Waals surface area contributed by atoms with E-state index in [1.165, 1.54) is 0 Å². The molecule has 1 aromatic heterocycles. The highest BCUT2D eigenvalue weighted by Gasteiger charge is 2.25. The van der Waals surface area contributed by atoms with Crippen molar-refractivity contribution in [3.05, 3.63) is 21.1 Å². The molecular formula is C12H20ClN5O2. The molecule has 8 heteroatoms. The van der Waals surface area contributed by atoms with Crippen LogP contribution in [0.25, 0.3) is 0 Å². The van der Waals surface area contributed by atoms with Crippen molar-refractivity contribution in [3.63, 3.8) is 0 Å². The fourth-order valence-corrected chi connectivity index (χ4v) is 2.15. The second-order valence-electron chi connectivity index (χ2n) is 4.74. The second kappa shape index (κ2) is 7.35. The molecule has 0 aliphatic heterocycles. The minimum atomic E-state index is -0.449. The van der Waals surface area contributed by atoms with E-state index in [1.807, 2.05) is 25.9 Å². The van der Waals surface area contributed by atoms with Crippen LogP contribution in [0.2, 0.25) is 5.28 Å². The molecular weight excluding hydrogens is 282 g/mol. The van der Waals surface area contributed by atoms with Crippen LogP contribution in [0.15, 0.2) is 0 Å². The van der Waals surface area contributed by atoms with Crippen LogP contribution in [-0.4, -0.2) is 53.5 Å². The van der Waals surface area contributed by atoms with E-state index in [0.717, 1.165) is 13.0 Å². The van der Waals surface area contributed by atoms with Gasteiger partial charge in [-0.05, 0) is 52.5 Å². The monoisotopic (exact) mass is 301 g/mol. The van der Waals surface area contributed by atoms with Gasteiger partial charge in [-0.1, -0.05) is 0 Å². The maximum absolute atomic E-state index is 11.2. The summed E-state index contributed by atoms with van der Waals surface area (Å²) in [5.41, 5.74) is 0.220. The first-order valence-corrected chi connectivity index (χ1v) is 6.82. The van der Waals surface area contributed by atoms with E-state index in [9.17, 15) is 10.1 Å². The Labute approximate surface area is 123 Å². The number of aromatic nitrogens is 2. The largest absolute Gasteiger partial charge is 0.351 e. The van der Waals surface area contributed by atoms with Crippen molar-refractivity contribution in [2.45, 2.75) is 20.3 Å². The highest BCUT2D eigenvalue weighted by atomic mass is 35.5. The van der Waals surface area contributed by atoms with Crippen molar-refractivity contribution < 1.29 is 4.92 Å². The van der Waals surface area contributed by atoms with Crippen LogP contribution in [0.4, 0.5) is 11.5 Å². The Bertz CT molecular complexity index is 481. The van der Waals surface area contributed by atoms with Crippen LogP contribution < -0.4 is 4.90 Å². The molecule has 0 N–H and O–H groups in total. The van der Waals surface area contributed by atoms with E-state index in [0.29, 0.717) is 18.9 Å². The van der Waals surface area contributed by atoms with Crippen LogP contribution in [-0.2, 0) is 0 Å². The van der Waals surface area contributed by atoms with Crippen molar-refractivity contribution in [1.29, 1.82) is 0 Å². The molecule has 0 fully saturated rings. The van der Waals surface area contributed by atoms with Crippen molar-refractivity contribution in [3.8, 4) is 0 Å². The molecule has 0 spiro atoms. The summed E-state index contributed by atoms with van der Waals surface area (Å²) in [4.78, 5) is 22.6. The van der Waals surface area contributed by atoms with Crippen LogP contribution in [0.3, 0.4) is 0 Å². The van der Waals surface area contributed by atoms with E-state index in [-0.39, 0.29) is 16.7 Å². The van der Waals surface area contributed by atoms with Gasteiger partial charge in [0, 0.05) is 13.1 Å². The van der Waals surface area contributed by atoms with Crippen LogP contribution in [0.1, 0.15) is 19.0 Å². The summed E-state index contributed by atoms with van der Waals surface area (Å²) in [6, 6.07) is 0. The zero-order valence-corrected chi connectivity index (χ0v) is 13.0. The second-order valence-corrected chi connectivity index (χ2v) is 5.08. The van der Waals surface area contributed by atoms with Gasteiger partial charge in [0.1, 0.15) is 5.69 Å². The van der Waals surface area contributed by atoms with E-state index in [4.69, 9.17) is 11.6 Å². The number of halogens is 1. The zero-order valence-electron chi connectivity index (χ0n) is 12.3. The SMILES string of the molecule is CCN(CCCN(C)C)c1nc(Cl)nc(C)c1[N+](=O)[O-]. The van der Waals surface area contributed by atoms with E-state index in [2.05, 4.69) is 14.9 Å². The number of hydrogen-bond acceptors (Lipinski definition) is 6. The van der Waals surface area contributed by atoms with Gasteiger partial charge in [-0.3, -0.25) is 10.1 Å². The smallest absolute Gasteiger partial charge is 0.332 e. The minimum Gasteiger partial charge on any atom is -0.351 e. The third kappa shape index (κ3) is 4.28. The molecule has 0 radical (unpaired) electrons. The molecule has 0 unspecified atom stereocenters. The average molecular weight is 302 g/mol. The normalized spacial score (nSPS) is 10.9. The van der Waals surface area contributed by atoms with E-state index >= 15 is 0 Å². The number of aryl methyl sites for hydroxylation is 1. The van der Waals surface area contributed by atoms with Crippen LogP contribution in [0, 0.1) is 17.0 Å². The summed E-state index contributed by atoms with van der Waals surface area (Å²) >= 11 is 5.83. The van der Waals surface area contributed by atoms with E-state index in [1.54, 1.807) is 6.92 Å². The summed E-state index contributed by atoms with van der Waals surface area (Å²) in [5.74, 6) is 0.300. The lowest BCUT2D eigenvalue weighted by Crippen LogP contribution is -2.28. The Morgan fingerprint density at radius 3 is 2.45 bits per heavy atom. The van der Waals surface area contributed by atoms with Gasteiger partial charge in [0.15, 0.2) is 0 Å². The van der Waals surface area contributed by atoms with Gasteiger partial charge in [0.25, 0.3) is 0 Å². The molecule has 0 atom stereocenters. The summed E-state index contributed by atoms with van der Waals surface area (Å²) in [6.07, 6.45) is 0.888. The number of nitro groups is 1. The first-order chi connectivity index (χ1) is 9.36. The minimum absolute atomic E-state index is 0.0363. The number of hydrogen-bond donors (Lipinski definition) is 0. The Balaban J connectivity index is 3.04. The lowest BCUT2D eigenvalue weighted by atomic mass is 10.3. The average Bonchev–Trinajstić information content (AvgIpc) is 2.32. The van der Waals surface area contributed by atoms with E-state index < -0.39 is 4.92 Å². The molecule has 0 saturated carbocycles. The molecule has 0 aromatic carbocycles. The third-order valence-electron chi connectivity index (χ3n) is 2.91. The third-order valence-corrected chi connectivity index (χ3v) is 3.08. The summed E-state index contributed by atoms with van der Waals surface area (Å²) in [5, 5.41) is 11.2. The maximum Gasteiger partial charge on any atom is 0.332 e. The number of nitrogens with zero attached hydrogens (tertiary/aromatic N) is 5. The quantitative estimate of drug-likeness (QED) is 0.436. The maximum atomic E-state index is 11.2. The fraction of sp³-hybridized carbons (Fsp3) is 0.667. The Morgan fingerprint density at radius 1 is 1.30 bits per heavy atom. The van der Waals surface area contributed by atoms with Crippen molar-refractivity contribution in [2.24, 2.45) is 0 Å². The summed E-state index contributed by atoms with van der Waals surface area (Å²) < 4.78 is 0. The molecule has 0 aliphatic rings. The molecule has 1 rings (SSSR count). The Hall–Kier alpha value is -1.47. The zero-order chi connectivity index (χ0) is 15.3. The summed E-state index contributed by atoms with van der Waals surface area (Å²) in [6.45, 7) is 5.72. The molecule has 0 aliphatic carbocycles. The lowest BCUT2D eigenvalue weighted by Gasteiger charge is -2.22. The van der Waals surface area contributed by atoms with Gasteiger partial charge in [-0.25, -0.2) is 4.98 Å². The van der Waals surface area contributed by atoms with Crippen LogP contribution in [0.5, 0.6) is 0 Å². The molecule has 0 bridgehead atoms. The Kier molecular flexibility index (Phi) is 6.09. The molecule has 1 aromatic rings. The van der Waals surface area contributed by atoms with Gasteiger partial charge in [-0.15, -0.1) is 0 Å². The first kappa shape index (κ1) is 16.6.